The van der Waals surface area contributed by atoms with Crippen LogP contribution in [0.5, 0.6) is 0 Å². The van der Waals surface area contributed by atoms with E-state index >= 15 is 0 Å². The Morgan fingerprint density at radius 1 is 1.12 bits per heavy atom. The van der Waals surface area contributed by atoms with E-state index in [0.717, 1.165) is 21.9 Å². The van der Waals surface area contributed by atoms with E-state index in [1.807, 2.05) is 36.4 Å². The van der Waals surface area contributed by atoms with Crippen LogP contribution in [0, 0.1) is 0 Å². The van der Waals surface area contributed by atoms with Crippen LogP contribution in [0.3, 0.4) is 0 Å². The molecule has 2 N–H and O–H groups in total. The molecule has 0 unspecified atom stereocenters. The van der Waals surface area contributed by atoms with Crippen molar-refractivity contribution in [2.24, 2.45) is 10.7 Å². The summed E-state index contributed by atoms with van der Waals surface area (Å²) < 4.78 is 0. The molecule has 0 aromatic heterocycles. The number of amides is 1. The standard InChI is InChI=1S/C13H10N2O/c14-13-12-9(7-11(16)15-13)6-5-8-3-1-2-4-10(8)12/h1-6H,7H2,(H2,14,15,16). The van der Waals surface area contributed by atoms with E-state index in [1.54, 1.807) is 0 Å². The third-order valence-electron chi connectivity index (χ3n) is 2.86. The Hall–Kier alpha value is -2.16. The van der Waals surface area contributed by atoms with Crippen LogP contribution < -0.4 is 5.73 Å². The van der Waals surface area contributed by atoms with Crippen LogP contribution in [0.4, 0.5) is 0 Å². The maximum atomic E-state index is 11.3. The Bertz CT molecular complexity index is 629. The zero-order valence-corrected chi connectivity index (χ0v) is 8.60. The molecule has 0 bridgehead atoms. The van der Waals surface area contributed by atoms with Crippen molar-refractivity contribution in [3.63, 3.8) is 0 Å². The molecule has 16 heavy (non-hydrogen) atoms. The summed E-state index contributed by atoms with van der Waals surface area (Å²) in [7, 11) is 0. The van der Waals surface area contributed by atoms with E-state index in [2.05, 4.69) is 4.99 Å². The second-order valence-corrected chi connectivity index (χ2v) is 3.89. The topological polar surface area (TPSA) is 55.4 Å². The molecule has 2 aromatic carbocycles. The second-order valence-electron chi connectivity index (χ2n) is 3.89. The maximum absolute atomic E-state index is 11.3. The third-order valence-corrected chi connectivity index (χ3v) is 2.86. The number of amidine groups is 1. The number of carbonyl (C=O) groups is 1. The van der Waals surface area contributed by atoms with Gasteiger partial charge in [0, 0.05) is 5.56 Å². The number of nitrogens with two attached hydrogens (primary N) is 1. The lowest BCUT2D eigenvalue weighted by molar-refractivity contribution is -0.117. The third kappa shape index (κ3) is 1.21. The van der Waals surface area contributed by atoms with Gasteiger partial charge < -0.3 is 5.73 Å². The van der Waals surface area contributed by atoms with Crippen molar-refractivity contribution in [1.82, 2.24) is 0 Å². The fraction of sp³-hybridized carbons (Fsp3) is 0.0769. The lowest BCUT2D eigenvalue weighted by atomic mass is 9.94. The van der Waals surface area contributed by atoms with Crippen molar-refractivity contribution >= 4 is 22.5 Å². The Morgan fingerprint density at radius 3 is 2.81 bits per heavy atom. The zero-order valence-electron chi connectivity index (χ0n) is 8.60. The summed E-state index contributed by atoms with van der Waals surface area (Å²) in [5.41, 5.74) is 7.72. The van der Waals surface area contributed by atoms with Gasteiger partial charge in [-0.15, -0.1) is 0 Å². The summed E-state index contributed by atoms with van der Waals surface area (Å²) in [4.78, 5) is 15.1. The van der Waals surface area contributed by atoms with Crippen LogP contribution in [-0.4, -0.2) is 11.7 Å². The summed E-state index contributed by atoms with van der Waals surface area (Å²) >= 11 is 0. The Kier molecular flexibility index (Phi) is 1.80. The smallest absolute Gasteiger partial charge is 0.252 e. The molecule has 0 radical (unpaired) electrons. The van der Waals surface area contributed by atoms with Crippen LogP contribution in [0.1, 0.15) is 11.1 Å². The molecule has 78 valence electrons. The average Bonchev–Trinajstić information content (AvgIpc) is 2.28. The van der Waals surface area contributed by atoms with E-state index in [-0.39, 0.29) is 5.91 Å². The van der Waals surface area contributed by atoms with Gasteiger partial charge in [-0.3, -0.25) is 4.79 Å². The van der Waals surface area contributed by atoms with Crippen molar-refractivity contribution in [1.29, 1.82) is 0 Å². The summed E-state index contributed by atoms with van der Waals surface area (Å²) in [5, 5.41) is 2.18. The first kappa shape index (κ1) is 9.09. The van der Waals surface area contributed by atoms with Crippen molar-refractivity contribution in [2.75, 3.05) is 0 Å². The molecule has 3 rings (SSSR count). The van der Waals surface area contributed by atoms with Gasteiger partial charge in [-0.25, -0.2) is 0 Å². The summed E-state index contributed by atoms with van der Waals surface area (Å²) in [5.74, 6) is 0.170. The molecular weight excluding hydrogens is 200 g/mol. The zero-order chi connectivity index (χ0) is 11.1. The highest BCUT2D eigenvalue weighted by atomic mass is 16.1. The van der Waals surface area contributed by atoms with Gasteiger partial charge in [-0.1, -0.05) is 36.4 Å². The van der Waals surface area contributed by atoms with E-state index in [1.165, 1.54) is 0 Å². The predicted octanol–water partition coefficient (Wildman–Crippen LogP) is 1.63. The molecule has 0 aliphatic carbocycles. The van der Waals surface area contributed by atoms with Gasteiger partial charge in [0.1, 0.15) is 5.84 Å². The molecule has 0 spiro atoms. The Balaban J connectivity index is 2.41. The number of carbonyl (C=O) groups excluding carboxylic acids is 1. The largest absolute Gasteiger partial charge is 0.383 e. The van der Waals surface area contributed by atoms with Crippen LogP contribution in [0.15, 0.2) is 41.4 Å². The van der Waals surface area contributed by atoms with Crippen molar-refractivity contribution in [3.05, 3.63) is 47.5 Å². The number of fused-ring (bicyclic) bond motifs is 3. The number of rotatable bonds is 0. The lowest BCUT2D eigenvalue weighted by Gasteiger charge is -2.15. The highest BCUT2D eigenvalue weighted by Gasteiger charge is 2.18. The SMILES string of the molecule is NC1=NC(=O)Cc2ccc3ccccc3c21. The first-order chi connectivity index (χ1) is 7.75. The molecule has 1 heterocycles. The molecule has 0 saturated carbocycles. The van der Waals surface area contributed by atoms with E-state index < -0.39 is 0 Å². The molecule has 0 atom stereocenters. The first-order valence-corrected chi connectivity index (χ1v) is 5.14. The molecule has 3 nitrogen and oxygen atoms in total. The van der Waals surface area contributed by atoms with Gasteiger partial charge in [0.2, 0.25) is 0 Å². The molecule has 2 aromatic rings. The van der Waals surface area contributed by atoms with Gasteiger partial charge in [0.15, 0.2) is 0 Å². The van der Waals surface area contributed by atoms with Crippen LogP contribution in [0.2, 0.25) is 0 Å². The summed E-state index contributed by atoms with van der Waals surface area (Å²) in [6.45, 7) is 0. The fourth-order valence-corrected chi connectivity index (χ4v) is 2.16. The highest BCUT2D eigenvalue weighted by molar-refractivity contribution is 6.16. The first-order valence-electron chi connectivity index (χ1n) is 5.14. The average molecular weight is 210 g/mol. The van der Waals surface area contributed by atoms with Gasteiger partial charge >= 0.3 is 0 Å². The highest BCUT2D eigenvalue weighted by Crippen LogP contribution is 2.25. The Labute approximate surface area is 92.6 Å². The fourth-order valence-electron chi connectivity index (χ4n) is 2.16. The van der Waals surface area contributed by atoms with Gasteiger partial charge in [-0.2, -0.15) is 4.99 Å². The number of hydrogen-bond acceptors (Lipinski definition) is 2. The number of benzene rings is 2. The second kappa shape index (κ2) is 3.17. The lowest BCUT2D eigenvalue weighted by Crippen LogP contribution is -2.23. The Morgan fingerprint density at radius 2 is 1.94 bits per heavy atom. The van der Waals surface area contributed by atoms with E-state index in [9.17, 15) is 4.79 Å². The minimum Gasteiger partial charge on any atom is -0.383 e. The van der Waals surface area contributed by atoms with Crippen LogP contribution >= 0.6 is 0 Å². The molecule has 0 saturated heterocycles. The minimum atomic E-state index is -0.166. The van der Waals surface area contributed by atoms with Crippen LogP contribution in [0.25, 0.3) is 10.8 Å². The summed E-state index contributed by atoms with van der Waals surface area (Å²) in [6.07, 6.45) is 0.348. The van der Waals surface area contributed by atoms with Crippen LogP contribution in [-0.2, 0) is 11.2 Å². The van der Waals surface area contributed by atoms with Crippen molar-refractivity contribution < 1.29 is 4.79 Å². The number of aliphatic imine (C=N–C) groups is 1. The molecule has 3 heteroatoms. The summed E-state index contributed by atoms with van der Waals surface area (Å²) in [6, 6.07) is 11.9. The minimum absolute atomic E-state index is 0.166. The van der Waals surface area contributed by atoms with Crippen molar-refractivity contribution in [3.8, 4) is 0 Å². The number of nitrogens with zero attached hydrogens (tertiary/aromatic N) is 1. The normalized spacial score (nSPS) is 14.8. The molecular formula is C13H10N2O. The molecule has 1 aliphatic heterocycles. The molecule has 1 aliphatic rings. The number of hydrogen-bond donors (Lipinski definition) is 1. The van der Waals surface area contributed by atoms with Gasteiger partial charge in [-0.05, 0) is 16.3 Å². The van der Waals surface area contributed by atoms with Gasteiger partial charge in [0.25, 0.3) is 5.91 Å². The quantitative estimate of drug-likeness (QED) is 0.718. The monoisotopic (exact) mass is 210 g/mol. The molecule has 1 amide bonds. The maximum Gasteiger partial charge on any atom is 0.252 e. The van der Waals surface area contributed by atoms with E-state index in [0.29, 0.717) is 12.3 Å². The van der Waals surface area contributed by atoms with E-state index in [4.69, 9.17) is 5.73 Å². The van der Waals surface area contributed by atoms with Crippen molar-refractivity contribution in [2.45, 2.75) is 6.42 Å². The molecule has 0 fully saturated rings. The van der Waals surface area contributed by atoms with Gasteiger partial charge in [0.05, 0.1) is 6.42 Å². The predicted molar refractivity (Wildman–Crippen MR) is 63.4 cm³/mol.